The third-order valence-electron chi connectivity index (χ3n) is 2.64. The van der Waals surface area contributed by atoms with Gasteiger partial charge in [0, 0.05) is 12.3 Å². The van der Waals surface area contributed by atoms with Crippen LogP contribution in [0, 0.1) is 0 Å². The quantitative estimate of drug-likeness (QED) is 0.401. The van der Waals surface area contributed by atoms with E-state index in [-0.39, 0.29) is 62.0 Å². The molecule has 19 heavy (non-hydrogen) atoms. The maximum Gasteiger partial charge on any atom is 1.00 e. The van der Waals surface area contributed by atoms with Crippen LogP contribution in [0.3, 0.4) is 0 Å². The van der Waals surface area contributed by atoms with Crippen LogP contribution >= 0.6 is 0 Å². The van der Waals surface area contributed by atoms with Gasteiger partial charge in [-0.2, -0.15) is 0 Å². The van der Waals surface area contributed by atoms with E-state index in [1.54, 1.807) is 0 Å². The molecule has 0 unspecified atom stereocenters. The summed E-state index contributed by atoms with van der Waals surface area (Å²) in [5, 5.41) is 28.1. The molecule has 2 rings (SSSR count). The Morgan fingerprint density at radius 1 is 1.32 bits per heavy atom. The van der Waals surface area contributed by atoms with Crippen molar-refractivity contribution < 1.29 is 82.0 Å². The van der Waals surface area contributed by atoms with Crippen molar-refractivity contribution in [1.82, 2.24) is 9.55 Å². The molecule has 0 spiro atoms. The monoisotopic (exact) mass is 292 g/mol. The number of nitrogens with zero attached hydrogens (tertiary/aromatic N) is 1. The number of ether oxygens (including phenoxy) is 1. The van der Waals surface area contributed by atoms with Crippen LogP contribution in [0.15, 0.2) is 21.9 Å². The molecule has 1 aliphatic heterocycles. The van der Waals surface area contributed by atoms with Gasteiger partial charge in [0.05, 0.1) is 6.61 Å². The Morgan fingerprint density at radius 2 is 1.95 bits per heavy atom. The van der Waals surface area contributed by atoms with Crippen LogP contribution in [0.2, 0.25) is 0 Å². The smallest absolute Gasteiger partial charge is 1.00 e. The van der Waals surface area contributed by atoms with Crippen molar-refractivity contribution in [1.29, 1.82) is 0 Å². The van der Waals surface area contributed by atoms with Gasteiger partial charge in [-0.1, -0.05) is 0 Å². The van der Waals surface area contributed by atoms with Gasteiger partial charge in [-0.3, -0.25) is 14.3 Å². The number of hydrogen-bond acceptors (Lipinski definition) is 6. The number of H-pyrrole nitrogens is 1. The van der Waals surface area contributed by atoms with Crippen LogP contribution in [0.4, 0.5) is 0 Å². The molecule has 1 aliphatic rings. The zero-order valence-electron chi connectivity index (χ0n) is 12.7. The Hall–Kier alpha value is 0.520. The fraction of sp³-hybridized carbons (Fsp3) is 0.556. The molecule has 0 bridgehead atoms. The molecule has 0 aliphatic carbocycles. The van der Waals surface area contributed by atoms with E-state index in [2.05, 4.69) is 0 Å². The number of rotatable bonds is 2. The van der Waals surface area contributed by atoms with E-state index in [1.807, 2.05) is 4.98 Å². The first kappa shape index (κ1) is 19.5. The summed E-state index contributed by atoms with van der Waals surface area (Å²) in [5.74, 6) is 0. The maximum absolute atomic E-state index is 11.4. The number of aromatic amines is 1. The molecule has 4 N–H and O–H groups in total. The third kappa shape index (κ3) is 4.01. The Balaban J connectivity index is -0.000000810. The molecule has 0 radical (unpaired) electrons. The third-order valence-corrected chi connectivity index (χ3v) is 2.64. The van der Waals surface area contributed by atoms with Crippen LogP contribution in [-0.2, 0) is 4.74 Å². The maximum atomic E-state index is 11.4. The average molecular weight is 292 g/mol. The summed E-state index contributed by atoms with van der Waals surface area (Å²) in [7, 11) is 0. The summed E-state index contributed by atoms with van der Waals surface area (Å²) in [6.07, 6.45) is -3.58. The van der Waals surface area contributed by atoms with Crippen molar-refractivity contribution in [2.75, 3.05) is 6.61 Å². The largest absolute Gasteiger partial charge is 1.00 e. The van der Waals surface area contributed by atoms with Gasteiger partial charge < -0.3 is 22.9 Å². The van der Waals surface area contributed by atoms with E-state index in [0.717, 1.165) is 16.8 Å². The summed E-state index contributed by atoms with van der Waals surface area (Å²) in [5.41, 5.74) is -1.33. The number of aromatic nitrogens is 2. The van der Waals surface area contributed by atoms with Gasteiger partial charge in [0.25, 0.3) is 5.56 Å². The molecular weight excluding hydrogens is 278 g/mol. The zero-order chi connectivity index (χ0) is 12.6. The Morgan fingerprint density at radius 3 is 2.42 bits per heavy atom. The SMILES string of the molecule is O=c1ccn([C@@H]2O[C@H](CO)[C@@H](O)[C@H]2O)c(=O)[nH]1.[H-].[H-].[Na+].[Na+]. The van der Waals surface area contributed by atoms with Crippen molar-refractivity contribution in [2.45, 2.75) is 24.5 Å². The molecule has 1 aromatic heterocycles. The summed E-state index contributed by atoms with van der Waals surface area (Å²) >= 11 is 0. The number of aliphatic hydroxyl groups excluding tert-OH is 3. The average Bonchev–Trinajstić information content (AvgIpc) is 2.57. The molecule has 4 atom stereocenters. The molecule has 1 aromatic rings. The van der Waals surface area contributed by atoms with Crippen molar-refractivity contribution in [3.63, 3.8) is 0 Å². The van der Waals surface area contributed by atoms with Crippen LogP contribution < -0.4 is 70.4 Å². The van der Waals surface area contributed by atoms with Gasteiger partial charge in [0.15, 0.2) is 6.23 Å². The van der Waals surface area contributed by atoms with Gasteiger partial charge in [-0.15, -0.1) is 0 Å². The van der Waals surface area contributed by atoms with Gasteiger partial charge in [0.1, 0.15) is 18.3 Å². The van der Waals surface area contributed by atoms with Crippen LogP contribution in [0.1, 0.15) is 9.08 Å². The molecule has 10 heteroatoms. The first-order valence-corrected chi connectivity index (χ1v) is 4.98. The molecule has 2 heterocycles. The van der Waals surface area contributed by atoms with Gasteiger partial charge in [0.2, 0.25) is 0 Å². The van der Waals surface area contributed by atoms with E-state index in [0.29, 0.717) is 0 Å². The van der Waals surface area contributed by atoms with E-state index in [4.69, 9.17) is 9.84 Å². The minimum Gasteiger partial charge on any atom is -1.00 e. The topological polar surface area (TPSA) is 125 Å². The molecule has 0 amide bonds. The second-order valence-corrected chi connectivity index (χ2v) is 3.75. The second-order valence-electron chi connectivity index (χ2n) is 3.75. The van der Waals surface area contributed by atoms with Crippen molar-refractivity contribution >= 4 is 0 Å². The molecule has 1 saturated heterocycles. The van der Waals surface area contributed by atoms with Crippen molar-refractivity contribution in [3.8, 4) is 0 Å². The fourth-order valence-corrected chi connectivity index (χ4v) is 1.74. The normalized spacial score (nSPS) is 29.4. The van der Waals surface area contributed by atoms with Gasteiger partial charge in [-0.25, -0.2) is 4.79 Å². The minimum absolute atomic E-state index is 0. The van der Waals surface area contributed by atoms with Crippen LogP contribution in [0.25, 0.3) is 0 Å². The first-order chi connectivity index (χ1) is 8.04. The Bertz CT molecular complexity index is 527. The van der Waals surface area contributed by atoms with Gasteiger partial charge in [-0.05, 0) is 0 Å². The molecule has 8 nitrogen and oxygen atoms in total. The molecule has 98 valence electrons. The summed E-state index contributed by atoms with van der Waals surface area (Å²) in [4.78, 5) is 24.3. The minimum atomic E-state index is -1.35. The predicted octanol–water partition coefficient (Wildman–Crippen LogP) is -8.62. The molecular formula is C9H14N2Na2O6. The van der Waals surface area contributed by atoms with E-state index >= 15 is 0 Å². The fourth-order valence-electron chi connectivity index (χ4n) is 1.74. The van der Waals surface area contributed by atoms with E-state index in [1.165, 1.54) is 0 Å². The first-order valence-electron chi connectivity index (χ1n) is 4.98. The summed E-state index contributed by atoms with van der Waals surface area (Å²) in [6.45, 7) is -0.479. The Kier molecular flexibility index (Phi) is 8.30. The van der Waals surface area contributed by atoms with Crippen molar-refractivity contribution in [3.05, 3.63) is 33.1 Å². The second kappa shape index (κ2) is 8.08. The van der Waals surface area contributed by atoms with E-state index < -0.39 is 42.4 Å². The molecule has 1 fully saturated rings. The van der Waals surface area contributed by atoms with Crippen molar-refractivity contribution in [2.24, 2.45) is 0 Å². The Labute approximate surface area is 155 Å². The van der Waals surface area contributed by atoms with Crippen LogP contribution in [-0.4, -0.2) is 49.8 Å². The number of hydrogen-bond donors (Lipinski definition) is 4. The summed E-state index contributed by atoms with van der Waals surface area (Å²) in [6, 6.07) is 1.09. The zero-order valence-corrected chi connectivity index (χ0v) is 14.7. The van der Waals surface area contributed by atoms with Crippen LogP contribution in [0.5, 0.6) is 0 Å². The predicted molar refractivity (Wildman–Crippen MR) is 56.6 cm³/mol. The number of aliphatic hydroxyl groups is 3. The molecule has 0 aromatic carbocycles. The van der Waals surface area contributed by atoms with Gasteiger partial charge >= 0.3 is 64.8 Å². The summed E-state index contributed by atoms with van der Waals surface area (Å²) < 4.78 is 6.08. The van der Waals surface area contributed by atoms with E-state index in [9.17, 15) is 19.8 Å². The molecule has 0 saturated carbocycles. The number of nitrogens with one attached hydrogen (secondary N) is 1. The standard InChI is InChI=1S/C9H12N2O6.2Na.2H/c12-3-4-6(14)7(15)8(17-4)11-2-1-5(13)10-9(11)16;;;;/h1-2,4,6-8,12,14-15H,3H2,(H,10,13,16);;;;/q;2*+1;2*-1/t4-,6-,7-,8-;;;;/m1..../s1.